The number of rotatable bonds is 5. The van der Waals surface area contributed by atoms with E-state index in [2.05, 4.69) is 24.4 Å². The molecule has 2 aromatic rings. The predicted molar refractivity (Wildman–Crippen MR) is 117 cm³/mol. The fourth-order valence-electron chi connectivity index (χ4n) is 5.18. The van der Waals surface area contributed by atoms with Gasteiger partial charge >= 0.3 is 0 Å². The Hall–Kier alpha value is -2.24. The number of carbonyl (C=O) groups is 2. The number of amides is 2. The SMILES string of the molecule is C[C@H]1NC(=O)C2CC[C@@H](c3ccc(OCC(N)=O)cc3Cl)[C@H](c3ccc(Cl)cc3)[C@@H]21. The van der Waals surface area contributed by atoms with E-state index in [1.54, 1.807) is 6.07 Å². The van der Waals surface area contributed by atoms with Gasteiger partial charge in [-0.05, 0) is 72.9 Å². The quantitative estimate of drug-likeness (QED) is 0.719. The van der Waals surface area contributed by atoms with Crippen LogP contribution in [0.2, 0.25) is 10.0 Å². The minimum atomic E-state index is -0.538. The third-order valence-corrected chi connectivity index (χ3v) is 6.97. The second kappa shape index (κ2) is 8.48. The molecular formula is C23H24Cl2N2O3. The Kier molecular flexibility index (Phi) is 5.94. The van der Waals surface area contributed by atoms with Gasteiger partial charge in [-0.1, -0.05) is 41.4 Å². The van der Waals surface area contributed by atoms with E-state index in [-0.39, 0.29) is 42.2 Å². The summed E-state index contributed by atoms with van der Waals surface area (Å²) >= 11 is 12.8. The maximum atomic E-state index is 12.5. The van der Waals surface area contributed by atoms with Crippen molar-refractivity contribution in [1.29, 1.82) is 0 Å². The first kappa shape index (κ1) is 21.0. The first-order valence-electron chi connectivity index (χ1n) is 10.1. The molecule has 30 heavy (non-hydrogen) atoms. The van der Waals surface area contributed by atoms with Gasteiger partial charge in [0.1, 0.15) is 5.75 Å². The smallest absolute Gasteiger partial charge is 0.255 e. The van der Waals surface area contributed by atoms with E-state index < -0.39 is 5.91 Å². The van der Waals surface area contributed by atoms with E-state index in [0.29, 0.717) is 15.8 Å². The third-order valence-electron chi connectivity index (χ3n) is 6.39. The highest BCUT2D eigenvalue weighted by Crippen LogP contribution is 2.54. The van der Waals surface area contributed by atoms with Crippen molar-refractivity contribution in [3.05, 3.63) is 63.6 Å². The first-order valence-corrected chi connectivity index (χ1v) is 10.9. The van der Waals surface area contributed by atoms with E-state index in [0.717, 1.165) is 24.0 Å². The fourth-order valence-corrected chi connectivity index (χ4v) is 5.62. The van der Waals surface area contributed by atoms with Crippen LogP contribution in [-0.4, -0.2) is 24.5 Å². The van der Waals surface area contributed by atoms with Gasteiger partial charge in [0.15, 0.2) is 6.61 Å². The Morgan fingerprint density at radius 1 is 1.13 bits per heavy atom. The number of halogens is 2. The summed E-state index contributed by atoms with van der Waals surface area (Å²) in [5.74, 6) is 0.582. The number of carbonyl (C=O) groups excluding carboxylic acids is 2. The monoisotopic (exact) mass is 446 g/mol. The molecule has 1 saturated heterocycles. The molecule has 158 valence electrons. The van der Waals surface area contributed by atoms with Crippen LogP contribution in [-0.2, 0) is 9.59 Å². The zero-order valence-electron chi connectivity index (χ0n) is 16.6. The lowest BCUT2D eigenvalue weighted by Gasteiger charge is -2.41. The molecule has 5 nitrogen and oxygen atoms in total. The van der Waals surface area contributed by atoms with Gasteiger partial charge < -0.3 is 15.8 Å². The van der Waals surface area contributed by atoms with Crippen molar-refractivity contribution in [3.63, 3.8) is 0 Å². The molecule has 2 fully saturated rings. The zero-order chi connectivity index (χ0) is 21.4. The Balaban J connectivity index is 1.71. The van der Waals surface area contributed by atoms with Gasteiger partial charge in [0.2, 0.25) is 5.91 Å². The molecule has 3 N–H and O–H groups in total. The maximum absolute atomic E-state index is 12.5. The molecule has 1 saturated carbocycles. The second-order valence-electron chi connectivity index (χ2n) is 8.18. The molecule has 2 amide bonds. The van der Waals surface area contributed by atoms with Gasteiger partial charge in [-0.3, -0.25) is 9.59 Å². The van der Waals surface area contributed by atoms with Crippen molar-refractivity contribution in [2.75, 3.05) is 6.61 Å². The molecular weight excluding hydrogens is 423 g/mol. The summed E-state index contributed by atoms with van der Waals surface area (Å²) in [7, 11) is 0. The zero-order valence-corrected chi connectivity index (χ0v) is 18.1. The number of ether oxygens (including phenoxy) is 1. The summed E-state index contributed by atoms with van der Waals surface area (Å²) in [6.45, 7) is 1.89. The summed E-state index contributed by atoms with van der Waals surface area (Å²) in [5.41, 5.74) is 7.33. The predicted octanol–water partition coefficient (Wildman–Crippen LogP) is 4.27. The molecule has 4 rings (SSSR count). The van der Waals surface area contributed by atoms with Gasteiger partial charge in [0, 0.05) is 22.0 Å². The van der Waals surface area contributed by atoms with Gasteiger partial charge in [-0.15, -0.1) is 0 Å². The molecule has 0 bridgehead atoms. The van der Waals surface area contributed by atoms with Crippen molar-refractivity contribution < 1.29 is 14.3 Å². The van der Waals surface area contributed by atoms with E-state index in [9.17, 15) is 9.59 Å². The molecule has 5 atom stereocenters. The largest absolute Gasteiger partial charge is 0.484 e. The molecule has 0 aromatic heterocycles. The lowest BCUT2D eigenvalue weighted by atomic mass is 9.62. The topological polar surface area (TPSA) is 81.4 Å². The van der Waals surface area contributed by atoms with E-state index in [1.165, 1.54) is 0 Å². The number of hydrogen-bond acceptors (Lipinski definition) is 3. The summed E-state index contributed by atoms with van der Waals surface area (Å²) in [5, 5.41) is 4.40. The molecule has 0 radical (unpaired) electrons. The standard InChI is InChI=1S/C23H24Cl2N2O3/c1-12-21-18(23(29)27-12)9-8-17(22(21)13-2-4-14(24)5-3-13)16-7-6-15(10-19(16)25)30-11-20(26)28/h2-7,10,12,17-18,21-22H,8-9,11H2,1H3,(H2,26,28)(H,27,29)/t12-,17+,18?,21-,22+/m1/s1. The van der Waals surface area contributed by atoms with Crippen LogP contribution in [0.3, 0.4) is 0 Å². The fraction of sp³-hybridized carbons (Fsp3) is 0.391. The van der Waals surface area contributed by atoms with Crippen LogP contribution in [0.15, 0.2) is 42.5 Å². The molecule has 1 unspecified atom stereocenters. The third kappa shape index (κ3) is 4.01. The van der Waals surface area contributed by atoms with Gasteiger partial charge in [0.05, 0.1) is 0 Å². The number of primary amides is 1. The number of nitrogens with two attached hydrogens (primary N) is 1. The molecule has 7 heteroatoms. The van der Waals surface area contributed by atoms with Crippen LogP contribution in [0.5, 0.6) is 5.75 Å². The van der Waals surface area contributed by atoms with Crippen LogP contribution in [0.4, 0.5) is 0 Å². The highest BCUT2D eigenvalue weighted by molar-refractivity contribution is 6.31. The molecule has 1 aliphatic heterocycles. The summed E-state index contributed by atoms with van der Waals surface area (Å²) in [4.78, 5) is 23.5. The number of benzene rings is 2. The van der Waals surface area contributed by atoms with Crippen LogP contribution in [0.1, 0.15) is 42.7 Å². The summed E-state index contributed by atoms with van der Waals surface area (Å²) in [6, 6.07) is 13.5. The molecule has 1 heterocycles. The number of nitrogens with one attached hydrogen (secondary N) is 1. The Morgan fingerprint density at radius 3 is 2.50 bits per heavy atom. The molecule has 0 spiro atoms. The van der Waals surface area contributed by atoms with E-state index in [4.69, 9.17) is 33.7 Å². The summed E-state index contributed by atoms with van der Waals surface area (Å²) in [6.07, 6.45) is 1.68. The minimum absolute atomic E-state index is 0.00822. The lowest BCUT2D eigenvalue weighted by molar-refractivity contribution is -0.124. The number of hydrogen-bond donors (Lipinski definition) is 2. The summed E-state index contributed by atoms with van der Waals surface area (Å²) < 4.78 is 5.39. The van der Waals surface area contributed by atoms with Crippen LogP contribution in [0, 0.1) is 11.8 Å². The minimum Gasteiger partial charge on any atom is -0.484 e. The maximum Gasteiger partial charge on any atom is 0.255 e. The van der Waals surface area contributed by atoms with Gasteiger partial charge in [-0.25, -0.2) is 0 Å². The van der Waals surface area contributed by atoms with E-state index >= 15 is 0 Å². The number of fused-ring (bicyclic) bond motifs is 1. The Bertz CT molecular complexity index is 963. The van der Waals surface area contributed by atoms with Gasteiger partial charge in [0.25, 0.3) is 5.91 Å². The van der Waals surface area contributed by atoms with E-state index in [1.807, 2.05) is 24.3 Å². The highest BCUT2D eigenvalue weighted by Gasteiger charge is 2.50. The van der Waals surface area contributed by atoms with Crippen molar-refractivity contribution in [3.8, 4) is 5.75 Å². The second-order valence-corrected chi connectivity index (χ2v) is 9.02. The molecule has 2 aromatic carbocycles. The average molecular weight is 447 g/mol. The van der Waals surface area contributed by atoms with Gasteiger partial charge in [-0.2, -0.15) is 0 Å². The first-order chi connectivity index (χ1) is 14.3. The van der Waals surface area contributed by atoms with Crippen LogP contribution >= 0.6 is 23.2 Å². The van der Waals surface area contributed by atoms with Crippen molar-refractivity contribution in [1.82, 2.24) is 5.32 Å². The van der Waals surface area contributed by atoms with Crippen LogP contribution < -0.4 is 15.8 Å². The van der Waals surface area contributed by atoms with Crippen molar-refractivity contribution in [2.45, 2.75) is 37.6 Å². The van der Waals surface area contributed by atoms with Crippen LogP contribution in [0.25, 0.3) is 0 Å². The Morgan fingerprint density at radius 2 is 1.83 bits per heavy atom. The molecule has 2 aliphatic rings. The molecule has 1 aliphatic carbocycles. The highest BCUT2D eigenvalue weighted by atomic mass is 35.5. The van der Waals surface area contributed by atoms with Crippen molar-refractivity contribution in [2.24, 2.45) is 17.6 Å². The normalized spacial score (nSPS) is 28.0. The Labute approximate surface area is 185 Å². The van der Waals surface area contributed by atoms with Crippen molar-refractivity contribution >= 4 is 35.0 Å². The lowest BCUT2D eigenvalue weighted by Crippen LogP contribution is -2.35. The average Bonchev–Trinajstić information content (AvgIpc) is 3.00.